The Morgan fingerprint density at radius 2 is 1.67 bits per heavy atom. The Bertz CT molecular complexity index is 522. The highest BCUT2D eigenvalue weighted by atomic mass is 127. The van der Waals surface area contributed by atoms with E-state index in [4.69, 9.17) is 0 Å². The number of guanidine groups is 1. The molecule has 0 radical (unpaired) electrons. The molecule has 4 nitrogen and oxygen atoms in total. The Morgan fingerprint density at radius 3 is 2.21 bits per heavy atom. The lowest BCUT2D eigenvalue weighted by atomic mass is 10.0. The summed E-state index contributed by atoms with van der Waals surface area (Å²) in [5, 5.41) is 7.14. The number of hydrogen-bond acceptors (Lipinski definition) is 2. The summed E-state index contributed by atoms with van der Waals surface area (Å²) >= 11 is 3.50. The van der Waals surface area contributed by atoms with Gasteiger partial charge in [0.15, 0.2) is 5.96 Å². The van der Waals surface area contributed by atoms with E-state index in [1.807, 2.05) is 0 Å². The highest BCUT2D eigenvalue weighted by molar-refractivity contribution is 14.0. The molecule has 0 atom stereocenters. The maximum absolute atomic E-state index is 4.57. The zero-order valence-electron chi connectivity index (χ0n) is 14.3. The van der Waals surface area contributed by atoms with Crippen LogP contribution in [0.15, 0.2) is 33.7 Å². The van der Waals surface area contributed by atoms with Crippen molar-refractivity contribution in [2.24, 2.45) is 4.99 Å². The molecule has 134 valence electrons. The van der Waals surface area contributed by atoms with Gasteiger partial charge in [-0.1, -0.05) is 28.1 Å². The fourth-order valence-corrected chi connectivity index (χ4v) is 3.25. The largest absolute Gasteiger partial charge is 0.354 e. The van der Waals surface area contributed by atoms with E-state index in [1.165, 1.54) is 31.2 Å². The molecule has 0 unspecified atom stereocenters. The smallest absolute Gasteiger partial charge is 0.191 e. The van der Waals surface area contributed by atoms with Crippen LogP contribution in [0.1, 0.15) is 38.2 Å². The van der Waals surface area contributed by atoms with Crippen LogP contribution in [0, 0.1) is 0 Å². The lowest BCUT2D eigenvalue weighted by molar-refractivity contribution is 0.198. The van der Waals surface area contributed by atoms with E-state index in [9.17, 15) is 0 Å². The second-order valence-corrected chi connectivity index (χ2v) is 7.48. The first-order chi connectivity index (χ1) is 11.2. The van der Waals surface area contributed by atoms with Gasteiger partial charge < -0.3 is 10.6 Å². The zero-order chi connectivity index (χ0) is 16.1. The highest BCUT2D eigenvalue weighted by Gasteiger charge is 2.25. The van der Waals surface area contributed by atoms with Crippen molar-refractivity contribution in [1.29, 1.82) is 0 Å². The van der Waals surface area contributed by atoms with Gasteiger partial charge in [0.05, 0.1) is 0 Å². The van der Waals surface area contributed by atoms with E-state index in [-0.39, 0.29) is 24.0 Å². The third-order valence-electron chi connectivity index (χ3n) is 4.48. The summed E-state index contributed by atoms with van der Waals surface area (Å²) < 4.78 is 1.15. The van der Waals surface area contributed by atoms with Crippen molar-refractivity contribution in [3.05, 3.63) is 34.3 Å². The molecule has 2 aliphatic rings. The second-order valence-electron chi connectivity index (χ2n) is 6.56. The number of rotatable bonds is 5. The van der Waals surface area contributed by atoms with Gasteiger partial charge in [0, 0.05) is 42.7 Å². The number of hydrogen-bond donors (Lipinski definition) is 2. The first-order valence-corrected chi connectivity index (χ1v) is 9.56. The molecule has 24 heavy (non-hydrogen) atoms. The standard InChI is InChI=1S/C18H27BrN4.HI/c1-2-20-18(21-16-7-8-16)22-17-9-11-23(12-10-17)13-14-3-5-15(19)6-4-14;/h3-6,16-17H,2,7-13H2,1H3,(H2,20,21,22);1H. The molecule has 1 aromatic rings. The Hall–Kier alpha value is -0.340. The van der Waals surface area contributed by atoms with Gasteiger partial charge in [-0.25, -0.2) is 0 Å². The van der Waals surface area contributed by atoms with Crippen molar-refractivity contribution in [2.75, 3.05) is 19.6 Å². The zero-order valence-corrected chi connectivity index (χ0v) is 18.2. The van der Waals surface area contributed by atoms with Crippen LogP contribution in [-0.2, 0) is 6.54 Å². The molecule has 1 heterocycles. The van der Waals surface area contributed by atoms with E-state index in [2.05, 4.69) is 67.6 Å². The summed E-state index contributed by atoms with van der Waals surface area (Å²) in [6, 6.07) is 9.87. The fraction of sp³-hybridized carbons (Fsp3) is 0.611. The van der Waals surface area contributed by atoms with E-state index in [1.54, 1.807) is 0 Å². The van der Waals surface area contributed by atoms with Crippen LogP contribution in [0.4, 0.5) is 0 Å². The van der Waals surface area contributed by atoms with E-state index in [0.717, 1.165) is 36.6 Å². The summed E-state index contributed by atoms with van der Waals surface area (Å²) in [5.41, 5.74) is 1.39. The van der Waals surface area contributed by atoms with Crippen molar-refractivity contribution >= 4 is 45.9 Å². The molecule has 0 spiro atoms. The summed E-state index contributed by atoms with van der Waals surface area (Å²) in [6.45, 7) is 6.28. The molecule has 2 N–H and O–H groups in total. The van der Waals surface area contributed by atoms with E-state index < -0.39 is 0 Å². The van der Waals surface area contributed by atoms with Gasteiger partial charge in [-0.3, -0.25) is 9.89 Å². The number of piperidine rings is 1. The maximum atomic E-state index is 4.57. The van der Waals surface area contributed by atoms with E-state index in [0.29, 0.717) is 12.1 Å². The Morgan fingerprint density at radius 1 is 1.08 bits per heavy atom. The number of nitrogens with zero attached hydrogens (tertiary/aromatic N) is 2. The minimum atomic E-state index is 0. The molecule has 0 aromatic heterocycles. The minimum absolute atomic E-state index is 0. The number of likely N-dealkylation sites (tertiary alicyclic amines) is 1. The normalized spacial score (nSPS) is 19.7. The summed E-state index contributed by atoms with van der Waals surface area (Å²) in [6.07, 6.45) is 4.95. The molecule has 1 aliphatic heterocycles. The first kappa shape index (κ1) is 20.0. The quantitative estimate of drug-likeness (QED) is 0.363. The Labute approximate surface area is 171 Å². The number of aliphatic imine (C=N–C) groups is 1. The molecule has 0 bridgehead atoms. The van der Waals surface area contributed by atoms with Gasteiger partial charge in [0.25, 0.3) is 0 Å². The molecule has 6 heteroatoms. The third-order valence-corrected chi connectivity index (χ3v) is 5.01. The molecule has 1 aliphatic carbocycles. The molecule has 3 rings (SSSR count). The number of benzene rings is 1. The van der Waals surface area contributed by atoms with Crippen LogP contribution in [0.5, 0.6) is 0 Å². The SMILES string of the molecule is CCN=C(NC1CC1)NC1CCN(Cc2ccc(Br)cc2)CC1.I. The molecule has 2 fully saturated rings. The van der Waals surface area contributed by atoms with Crippen LogP contribution in [0.25, 0.3) is 0 Å². The van der Waals surface area contributed by atoms with Crippen molar-refractivity contribution in [3.63, 3.8) is 0 Å². The van der Waals surface area contributed by atoms with Gasteiger partial charge in [0.2, 0.25) is 0 Å². The third kappa shape index (κ3) is 6.52. The van der Waals surface area contributed by atoms with Crippen LogP contribution in [0.3, 0.4) is 0 Å². The predicted octanol–water partition coefficient (Wildman–Crippen LogP) is 3.75. The van der Waals surface area contributed by atoms with Crippen LogP contribution < -0.4 is 10.6 Å². The maximum Gasteiger partial charge on any atom is 0.191 e. The Kier molecular flexibility index (Phi) is 8.30. The lowest BCUT2D eigenvalue weighted by Crippen LogP contribution is -2.49. The topological polar surface area (TPSA) is 39.7 Å². The lowest BCUT2D eigenvalue weighted by Gasteiger charge is -2.33. The van der Waals surface area contributed by atoms with Crippen LogP contribution >= 0.6 is 39.9 Å². The molecule has 0 amide bonds. The average molecular weight is 507 g/mol. The molecule has 1 aromatic carbocycles. The van der Waals surface area contributed by atoms with Crippen LogP contribution in [-0.4, -0.2) is 42.6 Å². The summed E-state index contributed by atoms with van der Waals surface area (Å²) in [7, 11) is 0. The highest BCUT2D eigenvalue weighted by Crippen LogP contribution is 2.19. The number of halogens is 2. The van der Waals surface area contributed by atoms with Gasteiger partial charge in [-0.05, 0) is 50.3 Å². The summed E-state index contributed by atoms with van der Waals surface area (Å²) in [4.78, 5) is 7.12. The van der Waals surface area contributed by atoms with Crippen molar-refractivity contribution in [1.82, 2.24) is 15.5 Å². The number of nitrogens with one attached hydrogen (secondary N) is 2. The van der Waals surface area contributed by atoms with Crippen molar-refractivity contribution in [3.8, 4) is 0 Å². The molecule has 1 saturated heterocycles. The van der Waals surface area contributed by atoms with Gasteiger partial charge in [-0.2, -0.15) is 0 Å². The first-order valence-electron chi connectivity index (χ1n) is 8.77. The van der Waals surface area contributed by atoms with Crippen molar-refractivity contribution < 1.29 is 0 Å². The average Bonchev–Trinajstić information content (AvgIpc) is 3.36. The fourth-order valence-electron chi connectivity index (χ4n) is 2.99. The second kappa shape index (κ2) is 9.97. The van der Waals surface area contributed by atoms with Gasteiger partial charge in [-0.15, -0.1) is 24.0 Å². The Balaban J connectivity index is 0.00000208. The monoisotopic (exact) mass is 506 g/mol. The van der Waals surface area contributed by atoms with Crippen molar-refractivity contribution in [2.45, 2.75) is 51.2 Å². The molecular weight excluding hydrogens is 479 g/mol. The minimum Gasteiger partial charge on any atom is -0.354 e. The summed E-state index contributed by atoms with van der Waals surface area (Å²) in [5.74, 6) is 1.02. The van der Waals surface area contributed by atoms with Gasteiger partial charge in [0.1, 0.15) is 0 Å². The molecular formula is C18H28BrIN4. The van der Waals surface area contributed by atoms with Gasteiger partial charge >= 0.3 is 0 Å². The molecule has 1 saturated carbocycles. The van der Waals surface area contributed by atoms with E-state index >= 15 is 0 Å². The predicted molar refractivity (Wildman–Crippen MR) is 115 cm³/mol. The van der Waals surface area contributed by atoms with Crippen LogP contribution in [0.2, 0.25) is 0 Å².